The molecule has 0 saturated carbocycles. The number of aromatic nitrogens is 2. The van der Waals surface area contributed by atoms with E-state index >= 15 is 0 Å². The number of amides is 1. The maximum Gasteiger partial charge on any atom is 0.255 e. The lowest BCUT2D eigenvalue weighted by Crippen LogP contribution is -2.11. The number of carbonyl (C=O) groups is 1. The van der Waals surface area contributed by atoms with Gasteiger partial charge in [-0.2, -0.15) is 0 Å². The van der Waals surface area contributed by atoms with Gasteiger partial charge in [0, 0.05) is 29.5 Å². The molecule has 4 nitrogen and oxygen atoms in total. The normalized spacial score (nSPS) is 10.3. The van der Waals surface area contributed by atoms with E-state index in [0.29, 0.717) is 11.3 Å². The van der Waals surface area contributed by atoms with Crippen molar-refractivity contribution in [3.8, 4) is 0 Å². The van der Waals surface area contributed by atoms with Crippen molar-refractivity contribution >= 4 is 22.4 Å². The number of nitrogens with one attached hydrogen (secondary N) is 1. The number of rotatable bonds is 2. The molecule has 2 aromatic heterocycles. The van der Waals surface area contributed by atoms with Crippen LogP contribution in [0.3, 0.4) is 0 Å². The second-order valence-electron chi connectivity index (χ2n) is 4.13. The SMILES string of the molecule is O=C(Nc1cccnc1)c1ccc2cnccc2c1. The van der Waals surface area contributed by atoms with E-state index in [0.717, 1.165) is 10.8 Å². The Hall–Kier alpha value is -2.75. The summed E-state index contributed by atoms with van der Waals surface area (Å²) < 4.78 is 0. The molecule has 0 fully saturated rings. The fourth-order valence-electron chi connectivity index (χ4n) is 1.86. The van der Waals surface area contributed by atoms with E-state index < -0.39 is 0 Å². The first-order valence-electron chi connectivity index (χ1n) is 5.88. The highest BCUT2D eigenvalue weighted by atomic mass is 16.1. The number of pyridine rings is 2. The Morgan fingerprint density at radius 2 is 1.84 bits per heavy atom. The van der Waals surface area contributed by atoms with Crippen molar-refractivity contribution in [1.82, 2.24) is 9.97 Å². The van der Waals surface area contributed by atoms with Crippen LogP contribution in [0.4, 0.5) is 5.69 Å². The second-order valence-corrected chi connectivity index (χ2v) is 4.13. The zero-order valence-corrected chi connectivity index (χ0v) is 10.1. The second kappa shape index (κ2) is 4.86. The fraction of sp³-hybridized carbons (Fsp3) is 0. The van der Waals surface area contributed by atoms with Gasteiger partial charge in [-0.15, -0.1) is 0 Å². The summed E-state index contributed by atoms with van der Waals surface area (Å²) in [5.41, 5.74) is 1.30. The van der Waals surface area contributed by atoms with Gasteiger partial charge in [0.25, 0.3) is 5.91 Å². The Morgan fingerprint density at radius 1 is 0.947 bits per heavy atom. The lowest BCUT2D eigenvalue weighted by atomic mass is 10.1. The first-order valence-corrected chi connectivity index (χ1v) is 5.88. The molecule has 0 unspecified atom stereocenters. The minimum atomic E-state index is -0.147. The summed E-state index contributed by atoms with van der Waals surface area (Å²) in [4.78, 5) is 20.1. The predicted octanol–water partition coefficient (Wildman–Crippen LogP) is 2.88. The molecule has 0 aliphatic carbocycles. The Balaban J connectivity index is 1.89. The molecule has 0 saturated heterocycles. The third kappa shape index (κ3) is 2.42. The summed E-state index contributed by atoms with van der Waals surface area (Å²) in [6.07, 6.45) is 6.77. The van der Waals surface area contributed by atoms with Crippen molar-refractivity contribution in [1.29, 1.82) is 0 Å². The summed E-state index contributed by atoms with van der Waals surface area (Å²) in [7, 11) is 0. The third-order valence-electron chi connectivity index (χ3n) is 2.82. The molecule has 4 heteroatoms. The molecule has 1 amide bonds. The summed E-state index contributed by atoms with van der Waals surface area (Å²) in [5.74, 6) is -0.147. The number of carbonyl (C=O) groups excluding carboxylic acids is 1. The van der Waals surface area contributed by atoms with Crippen LogP contribution in [-0.2, 0) is 0 Å². The average Bonchev–Trinajstić information content (AvgIpc) is 2.48. The van der Waals surface area contributed by atoms with Gasteiger partial charge < -0.3 is 5.32 Å². The zero-order chi connectivity index (χ0) is 13.1. The first kappa shape index (κ1) is 11.3. The Bertz CT molecular complexity index is 726. The Morgan fingerprint density at radius 3 is 2.68 bits per heavy atom. The van der Waals surface area contributed by atoms with Crippen LogP contribution in [0.25, 0.3) is 10.8 Å². The van der Waals surface area contributed by atoms with Crippen LogP contribution in [0.5, 0.6) is 0 Å². The van der Waals surface area contributed by atoms with Crippen molar-refractivity contribution in [3.05, 3.63) is 66.7 Å². The average molecular weight is 249 g/mol. The summed E-state index contributed by atoms with van der Waals surface area (Å²) >= 11 is 0. The predicted molar refractivity (Wildman–Crippen MR) is 73.9 cm³/mol. The molecule has 92 valence electrons. The van der Waals surface area contributed by atoms with Crippen molar-refractivity contribution in [2.24, 2.45) is 0 Å². The van der Waals surface area contributed by atoms with Crippen molar-refractivity contribution in [2.75, 3.05) is 5.32 Å². The Kier molecular flexibility index (Phi) is 2.90. The highest BCUT2D eigenvalue weighted by Crippen LogP contribution is 2.15. The quantitative estimate of drug-likeness (QED) is 0.759. The number of benzene rings is 1. The van der Waals surface area contributed by atoms with Crippen LogP contribution in [0, 0.1) is 0 Å². The van der Waals surface area contributed by atoms with E-state index in [9.17, 15) is 4.79 Å². The van der Waals surface area contributed by atoms with Crippen LogP contribution in [0.15, 0.2) is 61.2 Å². The van der Waals surface area contributed by atoms with Gasteiger partial charge in [-0.05, 0) is 35.7 Å². The van der Waals surface area contributed by atoms with Gasteiger partial charge in [-0.25, -0.2) is 0 Å². The molecule has 2 heterocycles. The standard InChI is InChI=1S/C15H11N3O/c19-15(18-14-2-1-6-16-10-14)12-3-4-13-9-17-7-5-11(13)8-12/h1-10H,(H,18,19). The summed E-state index contributed by atoms with van der Waals surface area (Å²) in [5, 5.41) is 4.81. The van der Waals surface area contributed by atoms with E-state index in [2.05, 4.69) is 15.3 Å². The lowest BCUT2D eigenvalue weighted by Gasteiger charge is -2.05. The molecular formula is C15H11N3O. The smallest absolute Gasteiger partial charge is 0.255 e. The molecule has 19 heavy (non-hydrogen) atoms. The van der Waals surface area contributed by atoms with E-state index in [1.54, 1.807) is 43.0 Å². The molecule has 0 bridgehead atoms. The number of hydrogen-bond acceptors (Lipinski definition) is 3. The van der Waals surface area contributed by atoms with Gasteiger partial charge in [-0.3, -0.25) is 14.8 Å². The zero-order valence-electron chi connectivity index (χ0n) is 10.1. The summed E-state index contributed by atoms with van der Waals surface area (Å²) in [6.45, 7) is 0. The van der Waals surface area contributed by atoms with E-state index in [1.807, 2.05) is 18.2 Å². The number of anilines is 1. The molecule has 3 aromatic rings. The Labute approximate surface area is 110 Å². The van der Waals surface area contributed by atoms with Gasteiger partial charge in [0.2, 0.25) is 0 Å². The molecule has 1 N–H and O–H groups in total. The van der Waals surface area contributed by atoms with Gasteiger partial charge in [0.15, 0.2) is 0 Å². The van der Waals surface area contributed by atoms with Gasteiger partial charge >= 0.3 is 0 Å². The highest BCUT2D eigenvalue weighted by Gasteiger charge is 2.06. The number of fused-ring (bicyclic) bond motifs is 1. The fourth-order valence-corrected chi connectivity index (χ4v) is 1.86. The molecule has 0 atom stereocenters. The van der Waals surface area contributed by atoms with E-state index in [4.69, 9.17) is 0 Å². The lowest BCUT2D eigenvalue weighted by molar-refractivity contribution is 0.102. The van der Waals surface area contributed by atoms with Crippen LogP contribution in [-0.4, -0.2) is 15.9 Å². The minimum absolute atomic E-state index is 0.147. The van der Waals surface area contributed by atoms with Crippen molar-refractivity contribution in [2.45, 2.75) is 0 Å². The highest BCUT2D eigenvalue weighted by molar-refractivity contribution is 6.06. The van der Waals surface area contributed by atoms with Gasteiger partial charge in [0.05, 0.1) is 11.9 Å². The number of nitrogens with zero attached hydrogens (tertiary/aromatic N) is 2. The van der Waals surface area contributed by atoms with Gasteiger partial charge in [0.1, 0.15) is 0 Å². The largest absolute Gasteiger partial charge is 0.321 e. The molecular weight excluding hydrogens is 238 g/mol. The van der Waals surface area contributed by atoms with Gasteiger partial charge in [-0.1, -0.05) is 6.07 Å². The monoisotopic (exact) mass is 249 g/mol. The van der Waals surface area contributed by atoms with E-state index in [-0.39, 0.29) is 5.91 Å². The first-order chi connectivity index (χ1) is 9.33. The van der Waals surface area contributed by atoms with Crippen LogP contribution < -0.4 is 5.32 Å². The molecule has 0 aliphatic heterocycles. The maximum atomic E-state index is 12.1. The third-order valence-corrected chi connectivity index (χ3v) is 2.82. The van der Waals surface area contributed by atoms with Crippen molar-refractivity contribution in [3.63, 3.8) is 0 Å². The summed E-state index contributed by atoms with van der Waals surface area (Å²) in [6, 6.07) is 11.0. The number of hydrogen-bond donors (Lipinski definition) is 1. The van der Waals surface area contributed by atoms with Crippen LogP contribution in [0.1, 0.15) is 10.4 Å². The molecule has 0 aliphatic rings. The molecule has 1 aromatic carbocycles. The minimum Gasteiger partial charge on any atom is -0.321 e. The van der Waals surface area contributed by atoms with Crippen LogP contribution >= 0.6 is 0 Å². The molecule has 3 rings (SSSR count). The molecule has 0 radical (unpaired) electrons. The van der Waals surface area contributed by atoms with Crippen LogP contribution in [0.2, 0.25) is 0 Å². The van der Waals surface area contributed by atoms with E-state index in [1.165, 1.54) is 0 Å². The molecule has 0 spiro atoms. The maximum absolute atomic E-state index is 12.1. The van der Waals surface area contributed by atoms with Crippen molar-refractivity contribution < 1.29 is 4.79 Å². The topological polar surface area (TPSA) is 54.9 Å².